The summed E-state index contributed by atoms with van der Waals surface area (Å²) in [4.78, 5) is 51.2. The van der Waals surface area contributed by atoms with Gasteiger partial charge in [-0.2, -0.15) is 0 Å². The van der Waals surface area contributed by atoms with Gasteiger partial charge in [-0.3, -0.25) is 19.3 Å². The minimum atomic E-state index is -0.525. The smallest absolute Gasteiger partial charge is 0.339 e. The fourth-order valence-electron chi connectivity index (χ4n) is 3.90. The molecular weight excluding hydrogens is 466 g/mol. The summed E-state index contributed by atoms with van der Waals surface area (Å²) >= 11 is 0.791. The van der Waals surface area contributed by atoms with Gasteiger partial charge in [-0.25, -0.2) is 4.79 Å². The zero-order valence-corrected chi connectivity index (χ0v) is 20.2. The number of anilines is 1. The molecule has 1 fully saturated rings. The number of esters is 1. The number of carbonyl (C=O) groups excluding carboxylic acids is 4. The van der Waals surface area contributed by atoms with Crippen LogP contribution in [-0.2, 0) is 14.3 Å². The number of hydrogen-bond acceptors (Lipinski definition) is 6. The van der Waals surface area contributed by atoms with Gasteiger partial charge < -0.3 is 14.6 Å². The number of para-hydroxylation sites is 2. The lowest BCUT2D eigenvalue weighted by Crippen LogP contribution is -2.36. The largest absolute Gasteiger partial charge is 0.465 e. The third-order valence-corrected chi connectivity index (χ3v) is 6.45. The first-order chi connectivity index (χ1) is 16.8. The van der Waals surface area contributed by atoms with Crippen LogP contribution in [0.1, 0.15) is 27.3 Å². The van der Waals surface area contributed by atoms with E-state index in [2.05, 4.69) is 5.32 Å². The molecule has 0 aliphatic carbocycles. The molecule has 178 valence electrons. The van der Waals surface area contributed by atoms with Crippen LogP contribution < -0.4 is 5.32 Å². The van der Waals surface area contributed by atoms with Crippen LogP contribution in [0, 0.1) is 13.8 Å². The van der Waals surface area contributed by atoms with Crippen molar-refractivity contribution >= 4 is 46.5 Å². The number of amides is 3. The summed E-state index contributed by atoms with van der Waals surface area (Å²) in [5.41, 5.74) is 3.99. The number of aryl methyl sites for hydroxylation is 1. The van der Waals surface area contributed by atoms with Crippen LogP contribution in [0.4, 0.5) is 10.5 Å². The van der Waals surface area contributed by atoms with Crippen LogP contribution in [-0.4, -0.2) is 46.1 Å². The first kappa shape index (κ1) is 24.0. The number of rotatable bonds is 6. The molecule has 2 aromatic carbocycles. The molecule has 2 heterocycles. The number of benzene rings is 2. The van der Waals surface area contributed by atoms with E-state index in [1.165, 1.54) is 7.11 Å². The molecule has 1 aliphatic rings. The molecule has 1 N–H and O–H groups in total. The first-order valence-electron chi connectivity index (χ1n) is 10.8. The average molecular weight is 490 g/mol. The van der Waals surface area contributed by atoms with Crippen LogP contribution in [0.15, 0.2) is 65.6 Å². The van der Waals surface area contributed by atoms with E-state index in [1.54, 1.807) is 42.5 Å². The van der Waals surface area contributed by atoms with E-state index in [1.807, 2.05) is 42.7 Å². The molecule has 0 radical (unpaired) electrons. The Hall–Kier alpha value is -4.11. The molecule has 0 bridgehead atoms. The molecule has 1 aromatic heterocycles. The van der Waals surface area contributed by atoms with Crippen molar-refractivity contribution in [3.63, 3.8) is 0 Å². The molecule has 3 aromatic rings. The lowest BCUT2D eigenvalue weighted by Gasteiger charge is -2.13. The van der Waals surface area contributed by atoms with E-state index in [0.29, 0.717) is 16.9 Å². The summed E-state index contributed by atoms with van der Waals surface area (Å²) in [7, 11) is 1.33. The average Bonchev–Trinajstić information content (AvgIpc) is 3.27. The maximum absolute atomic E-state index is 12.9. The second-order valence-corrected chi connectivity index (χ2v) is 8.85. The third-order valence-electron chi connectivity index (χ3n) is 5.54. The Morgan fingerprint density at radius 1 is 1.03 bits per heavy atom. The lowest BCUT2D eigenvalue weighted by atomic mass is 10.1. The highest BCUT2D eigenvalue weighted by molar-refractivity contribution is 8.18. The molecule has 0 unspecified atom stereocenters. The first-order valence-corrected chi connectivity index (χ1v) is 11.6. The Balaban J connectivity index is 1.58. The predicted octanol–water partition coefficient (Wildman–Crippen LogP) is 4.56. The summed E-state index contributed by atoms with van der Waals surface area (Å²) < 4.78 is 6.81. The molecule has 0 atom stereocenters. The number of aromatic nitrogens is 1. The molecular formula is C26H23N3O5S. The summed E-state index contributed by atoms with van der Waals surface area (Å²) in [6.07, 6.45) is 1.64. The van der Waals surface area contributed by atoms with E-state index in [0.717, 1.165) is 33.6 Å². The summed E-state index contributed by atoms with van der Waals surface area (Å²) in [5, 5.41) is 2.17. The van der Waals surface area contributed by atoms with Crippen LogP contribution >= 0.6 is 11.8 Å². The zero-order valence-electron chi connectivity index (χ0n) is 19.4. The third kappa shape index (κ3) is 4.90. The Bertz CT molecular complexity index is 1360. The number of ether oxygens (including phenoxy) is 1. The second kappa shape index (κ2) is 10.0. The van der Waals surface area contributed by atoms with Gasteiger partial charge in [0.1, 0.15) is 6.54 Å². The molecule has 0 saturated carbocycles. The molecule has 3 amide bonds. The Morgan fingerprint density at radius 3 is 2.43 bits per heavy atom. The monoisotopic (exact) mass is 489 g/mol. The summed E-state index contributed by atoms with van der Waals surface area (Å²) in [6.45, 7) is 3.38. The Labute approximate surface area is 206 Å². The van der Waals surface area contributed by atoms with Crippen molar-refractivity contribution < 1.29 is 23.9 Å². The van der Waals surface area contributed by atoms with E-state index in [-0.39, 0.29) is 11.4 Å². The van der Waals surface area contributed by atoms with Crippen molar-refractivity contribution in [2.75, 3.05) is 19.0 Å². The van der Waals surface area contributed by atoms with Gasteiger partial charge in [0.15, 0.2) is 0 Å². The number of methoxy groups -OCH3 is 1. The Kier molecular flexibility index (Phi) is 6.88. The number of thioether (sulfide) groups is 1. The number of nitrogens with zero attached hydrogens (tertiary/aromatic N) is 2. The topological polar surface area (TPSA) is 97.7 Å². The van der Waals surface area contributed by atoms with Crippen LogP contribution in [0.2, 0.25) is 0 Å². The summed E-state index contributed by atoms with van der Waals surface area (Å²) in [6, 6.07) is 17.8. The molecule has 9 heteroatoms. The van der Waals surface area contributed by atoms with Gasteiger partial charge in [0, 0.05) is 17.1 Å². The number of hydrogen-bond donors (Lipinski definition) is 1. The van der Waals surface area contributed by atoms with Gasteiger partial charge >= 0.3 is 5.97 Å². The van der Waals surface area contributed by atoms with Gasteiger partial charge in [-0.1, -0.05) is 30.3 Å². The van der Waals surface area contributed by atoms with Gasteiger partial charge in [0.25, 0.3) is 11.1 Å². The quantitative estimate of drug-likeness (QED) is 0.403. The van der Waals surface area contributed by atoms with Crippen LogP contribution in [0.25, 0.3) is 11.8 Å². The van der Waals surface area contributed by atoms with Gasteiger partial charge in [0.05, 0.1) is 23.3 Å². The van der Waals surface area contributed by atoms with Crippen molar-refractivity contribution in [3.8, 4) is 5.69 Å². The SMILES string of the molecule is COC(=O)c1ccccc1-n1c(C)cc(/C=C2\SC(=O)N(CC(=O)Nc3ccccc3)C2=O)c1C. The normalized spacial score (nSPS) is 14.5. The molecule has 1 saturated heterocycles. The van der Waals surface area contributed by atoms with E-state index in [4.69, 9.17) is 4.74 Å². The van der Waals surface area contributed by atoms with Crippen molar-refractivity contribution in [1.82, 2.24) is 9.47 Å². The highest BCUT2D eigenvalue weighted by Gasteiger charge is 2.36. The van der Waals surface area contributed by atoms with Crippen LogP contribution in [0.3, 0.4) is 0 Å². The number of nitrogens with one attached hydrogen (secondary N) is 1. The van der Waals surface area contributed by atoms with Gasteiger partial charge in [-0.15, -0.1) is 0 Å². The maximum Gasteiger partial charge on any atom is 0.339 e. The summed E-state index contributed by atoms with van der Waals surface area (Å²) in [5.74, 6) is -1.44. The fraction of sp³-hybridized carbons (Fsp3) is 0.154. The number of carbonyl (C=O) groups is 4. The van der Waals surface area contributed by atoms with Crippen molar-refractivity contribution in [2.45, 2.75) is 13.8 Å². The molecule has 1 aliphatic heterocycles. The highest BCUT2D eigenvalue weighted by Crippen LogP contribution is 2.34. The van der Waals surface area contributed by atoms with Crippen molar-refractivity contribution in [1.29, 1.82) is 0 Å². The Morgan fingerprint density at radius 2 is 1.71 bits per heavy atom. The molecule has 0 spiro atoms. The predicted molar refractivity (Wildman–Crippen MR) is 134 cm³/mol. The van der Waals surface area contributed by atoms with Crippen molar-refractivity contribution in [3.05, 3.63) is 88.1 Å². The molecule has 35 heavy (non-hydrogen) atoms. The highest BCUT2D eigenvalue weighted by atomic mass is 32.2. The van der Waals surface area contributed by atoms with E-state index < -0.39 is 23.0 Å². The van der Waals surface area contributed by atoms with Crippen molar-refractivity contribution in [2.24, 2.45) is 0 Å². The molecule has 4 rings (SSSR count). The minimum absolute atomic E-state index is 0.226. The maximum atomic E-state index is 12.9. The standard InChI is InChI=1S/C26H23N3O5S/c1-16-13-18(17(2)29(16)21-12-8-7-11-20(21)25(32)34-3)14-22-24(31)28(26(33)35-22)15-23(30)27-19-9-5-4-6-10-19/h4-14H,15H2,1-3H3,(H,27,30)/b22-14-. The fourth-order valence-corrected chi connectivity index (χ4v) is 4.73. The van der Waals surface area contributed by atoms with Gasteiger partial charge in [0.2, 0.25) is 5.91 Å². The second-order valence-electron chi connectivity index (χ2n) is 7.85. The van der Waals surface area contributed by atoms with Gasteiger partial charge in [-0.05, 0) is 67.6 Å². The van der Waals surface area contributed by atoms with E-state index >= 15 is 0 Å². The van der Waals surface area contributed by atoms with Crippen LogP contribution in [0.5, 0.6) is 0 Å². The number of imide groups is 1. The molecule has 8 nitrogen and oxygen atoms in total. The zero-order chi connectivity index (χ0) is 25.1. The lowest BCUT2D eigenvalue weighted by molar-refractivity contribution is -0.127. The minimum Gasteiger partial charge on any atom is -0.465 e. The van der Waals surface area contributed by atoms with E-state index in [9.17, 15) is 19.2 Å².